The number of nitrogens with two attached hydrogens (primary N) is 1. The molecule has 1 aliphatic rings. The maximum absolute atomic E-state index is 11.7. The van der Waals surface area contributed by atoms with Gasteiger partial charge in [0.15, 0.2) is 5.78 Å². The maximum atomic E-state index is 11.7. The molecule has 0 saturated heterocycles. The number of rotatable bonds is 5. The van der Waals surface area contributed by atoms with Crippen LogP contribution in [0.25, 0.3) is 0 Å². The SMILES string of the molecule is CCCOCC(=O)C1(N)CCCCC1. The van der Waals surface area contributed by atoms with E-state index in [1.165, 1.54) is 6.42 Å². The zero-order valence-electron chi connectivity index (χ0n) is 9.05. The molecular weight excluding hydrogens is 178 g/mol. The van der Waals surface area contributed by atoms with Crippen molar-refractivity contribution in [2.75, 3.05) is 13.2 Å². The lowest BCUT2D eigenvalue weighted by molar-refractivity contribution is -0.130. The van der Waals surface area contributed by atoms with Gasteiger partial charge >= 0.3 is 0 Å². The van der Waals surface area contributed by atoms with Crippen molar-refractivity contribution in [1.82, 2.24) is 0 Å². The average Bonchev–Trinajstić information content (AvgIpc) is 2.19. The molecule has 0 aliphatic heterocycles. The second-order valence-corrected chi connectivity index (χ2v) is 4.19. The topological polar surface area (TPSA) is 52.3 Å². The molecule has 0 spiro atoms. The van der Waals surface area contributed by atoms with Crippen LogP contribution in [-0.4, -0.2) is 24.5 Å². The first kappa shape index (κ1) is 11.7. The Bertz CT molecular complexity index is 186. The number of hydrogen-bond acceptors (Lipinski definition) is 3. The Morgan fingerprint density at radius 3 is 2.57 bits per heavy atom. The highest BCUT2D eigenvalue weighted by Crippen LogP contribution is 2.26. The molecule has 0 heterocycles. The van der Waals surface area contributed by atoms with Crippen LogP contribution in [0.4, 0.5) is 0 Å². The standard InChI is InChI=1S/C11H21NO2/c1-2-8-14-9-10(13)11(12)6-4-3-5-7-11/h2-9,12H2,1H3. The van der Waals surface area contributed by atoms with Crippen LogP contribution >= 0.6 is 0 Å². The predicted molar refractivity (Wildman–Crippen MR) is 56.1 cm³/mol. The van der Waals surface area contributed by atoms with Crippen molar-refractivity contribution in [3.63, 3.8) is 0 Å². The van der Waals surface area contributed by atoms with Gasteiger partial charge in [0.1, 0.15) is 6.61 Å². The Morgan fingerprint density at radius 2 is 2.00 bits per heavy atom. The fourth-order valence-electron chi connectivity index (χ4n) is 1.91. The normalized spacial score (nSPS) is 20.7. The molecule has 0 radical (unpaired) electrons. The van der Waals surface area contributed by atoms with E-state index in [4.69, 9.17) is 10.5 Å². The van der Waals surface area contributed by atoms with Gasteiger partial charge in [-0.05, 0) is 19.3 Å². The van der Waals surface area contributed by atoms with Gasteiger partial charge < -0.3 is 10.5 Å². The fourth-order valence-corrected chi connectivity index (χ4v) is 1.91. The Labute approximate surface area is 86.0 Å². The van der Waals surface area contributed by atoms with Gasteiger partial charge in [0.2, 0.25) is 0 Å². The molecule has 3 heteroatoms. The zero-order valence-corrected chi connectivity index (χ0v) is 9.05. The molecule has 1 fully saturated rings. The zero-order chi connectivity index (χ0) is 10.4. The predicted octanol–water partition coefficient (Wildman–Crippen LogP) is 1.64. The highest BCUT2D eigenvalue weighted by atomic mass is 16.5. The van der Waals surface area contributed by atoms with E-state index < -0.39 is 5.54 Å². The molecule has 3 nitrogen and oxygen atoms in total. The van der Waals surface area contributed by atoms with Crippen LogP contribution in [0, 0.1) is 0 Å². The first-order valence-corrected chi connectivity index (χ1v) is 5.59. The molecule has 0 bridgehead atoms. The summed E-state index contributed by atoms with van der Waals surface area (Å²) in [6.07, 6.45) is 5.99. The largest absolute Gasteiger partial charge is 0.374 e. The van der Waals surface area contributed by atoms with Gasteiger partial charge in [-0.2, -0.15) is 0 Å². The monoisotopic (exact) mass is 199 g/mol. The van der Waals surface area contributed by atoms with Crippen molar-refractivity contribution in [3.8, 4) is 0 Å². The quantitative estimate of drug-likeness (QED) is 0.685. The molecule has 0 aromatic rings. The minimum Gasteiger partial charge on any atom is -0.374 e. The van der Waals surface area contributed by atoms with Crippen molar-refractivity contribution in [2.24, 2.45) is 5.73 Å². The van der Waals surface area contributed by atoms with Crippen LogP contribution in [0.5, 0.6) is 0 Å². The molecule has 0 unspecified atom stereocenters. The minimum atomic E-state index is -0.577. The summed E-state index contributed by atoms with van der Waals surface area (Å²) in [5.74, 6) is 0.0886. The van der Waals surface area contributed by atoms with E-state index in [-0.39, 0.29) is 12.4 Å². The number of ether oxygens (including phenoxy) is 1. The van der Waals surface area contributed by atoms with Gasteiger partial charge in [-0.3, -0.25) is 4.79 Å². The molecule has 0 aromatic heterocycles. The Balaban J connectivity index is 2.33. The van der Waals surface area contributed by atoms with Gasteiger partial charge in [0.25, 0.3) is 0 Å². The summed E-state index contributed by atoms with van der Waals surface area (Å²) in [6, 6.07) is 0. The van der Waals surface area contributed by atoms with Crippen molar-refractivity contribution in [1.29, 1.82) is 0 Å². The van der Waals surface area contributed by atoms with E-state index in [1.54, 1.807) is 0 Å². The summed E-state index contributed by atoms with van der Waals surface area (Å²) in [5, 5.41) is 0. The maximum Gasteiger partial charge on any atom is 0.178 e. The first-order chi connectivity index (χ1) is 6.69. The molecule has 1 aliphatic carbocycles. The van der Waals surface area contributed by atoms with Gasteiger partial charge in [-0.1, -0.05) is 26.2 Å². The molecular formula is C11H21NO2. The summed E-state index contributed by atoms with van der Waals surface area (Å²) < 4.78 is 5.23. The van der Waals surface area contributed by atoms with Crippen molar-refractivity contribution in [3.05, 3.63) is 0 Å². The highest BCUT2D eigenvalue weighted by molar-refractivity contribution is 5.89. The van der Waals surface area contributed by atoms with Crippen LogP contribution in [-0.2, 0) is 9.53 Å². The lowest BCUT2D eigenvalue weighted by Crippen LogP contribution is -2.51. The molecule has 0 aromatic carbocycles. The van der Waals surface area contributed by atoms with Gasteiger partial charge in [-0.25, -0.2) is 0 Å². The third-order valence-corrected chi connectivity index (χ3v) is 2.88. The minimum absolute atomic E-state index is 0.0886. The van der Waals surface area contributed by atoms with Crippen molar-refractivity contribution < 1.29 is 9.53 Å². The number of ketones is 1. The van der Waals surface area contributed by atoms with Crippen LogP contribution in [0.15, 0.2) is 0 Å². The average molecular weight is 199 g/mol. The molecule has 2 N–H and O–H groups in total. The van der Waals surface area contributed by atoms with Gasteiger partial charge in [-0.15, -0.1) is 0 Å². The summed E-state index contributed by atoms with van der Waals surface area (Å²) in [4.78, 5) is 11.7. The Hall–Kier alpha value is -0.410. The second-order valence-electron chi connectivity index (χ2n) is 4.19. The number of Topliss-reactive ketones (excluding diaryl/α,β-unsaturated/α-hetero) is 1. The first-order valence-electron chi connectivity index (χ1n) is 5.59. The van der Waals surface area contributed by atoms with Crippen LogP contribution < -0.4 is 5.73 Å². The van der Waals surface area contributed by atoms with E-state index in [0.29, 0.717) is 6.61 Å². The van der Waals surface area contributed by atoms with E-state index in [0.717, 1.165) is 32.1 Å². The Morgan fingerprint density at radius 1 is 1.36 bits per heavy atom. The summed E-state index contributed by atoms with van der Waals surface area (Å²) in [6.45, 7) is 2.88. The van der Waals surface area contributed by atoms with Crippen LogP contribution in [0.1, 0.15) is 45.4 Å². The number of carbonyl (C=O) groups is 1. The third-order valence-electron chi connectivity index (χ3n) is 2.88. The second kappa shape index (κ2) is 5.47. The van der Waals surface area contributed by atoms with Crippen LogP contribution in [0.3, 0.4) is 0 Å². The van der Waals surface area contributed by atoms with Crippen molar-refractivity contribution in [2.45, 2.75) is 51.0 Å². The Kier molecular flexibility index (Phi) is 4.55. The van der Waals surface area contributed by atoms with Crippen molar-refractivity contribution >= 4 is 5.78 Å². The molecule has 1 rings (SSSR count). The summed E-state index contributed by atoms with van der Waals surface area (Å²) in [5.41, 5.74) is 5.48. The van der Waals surface area contributed by atoms with Gasteiger partial charge in [0, 0.05) is 6.61 Å². The van der Waals surface area contributed by atoms with E-state index in [2.05, 4.69) is 0 Å². The molecule has 14 heavy (non-hydrogen) atoms. The fraction of sp³-hybridized carbons (Fsp3) is 0.909. The lowest BCUT2D eigenvalue weighted by Gasteiger charge is -2.31. The highest BCUT2D eigenvalue weighted by Gasteiger charge is 2.34. The molecule has 82 valence electrons. The van der Waals surface area contributed by atoms with E-state index in [1.807, 2.05) is 6.92 Å². The van der Waals surface area contributed by atoms with Gasteiger partial charge in [0.05, 0.1) is 5.54 Å². The summed E-state index contributed by atoms with van der Waals surface area (Å²) >= 11 is 0. The molecule has 0 amide bonds. The number of carbonyl (C=O) groups excluding carboxylic acids is 1. The third kappa shape index (κ3) is 3.07. The van der Waals surface area contributed by atoms with E-state index in [9.17, 15) is 4.79 Å². The van der Waals surface area contributed by atoms with E-state index >= 15 is 0 Å². The smallest absolute Gasteiger partial charge is 0.178 e. The molecule has 1 saturated carbocycles. The van der Waals surface area contributed by atoms with Crippen LogP contribution in [0.2, 0.25) is 0 Å². The summed E-state index contributed by atoms with van der Waals surface area (Å²) in [7, 11) is 0. The molecule has 0 atom stereocenters. The lowest BCUT2D eigenvalue weighted by atomic mass is 9.79. The number of hydrogen-bond donors (Lipinski definition) is 1.